The number of aromatic nitrogens is 1. The van der Waals surface area contributed by atoms with Crippen LogP contribution in [0.25, 0.3) is 10.9 Å². The molecule has 5 heteroatoms. The predicted molar refractivity (Wildman–Crippen MR) is 86.2 cm³/mol. The van der Waals surface area contributed by atoms with Crippen molar-refractivity contribution < 1.29 is 4.79 Å². The lowest BCUT2D eigenvalue weighted by atomic mass is 9.81. The largest absolute Gasteiger partial charge is 0.324 e. The summed E-state index contributed by atoms with van der Waals surface area (Å²) in [5.74, 6) is 0.431. The number of rotatable bonds is 2. The molecule has 1 aromatic carbocycles. The van der Waals surface area contributed by atoms with Gasteiger partial charge in [0, 0.05) is 23.5 Å². The summed E-state index contributed by atoms with van der Waals surface area (Å²) in [6.07, 6.45) is 6.49. The van der Waals surface area contributed by atoms with E-state index in [1.54, 1.807) is 6.20 Å². The lowest BCUT2D eigenvalue weighted by Crippen LogP contribution is -2.42. The van der Waals surface area contributed by atoms with E-state index < -0.39 is 0 Å². The molecule has 1 saturated carbocycles. The Morgan fingerprint density at radius 2 is 2.05 bits per heavy atom. The zero-order chi connectivity index (χ0) is 14.9. The van der Waals surface area contributed by atoms with Gasteiger partial charge in [-0.2, -0.15) is 0 Å². The van der Waals surface area contributed by atoms with Crippen molar-refractivity contribution in [1.29, 1.82) is 0 Å². The van der Waals surface area contributed by atoms with E-state index in [0.29, 0.717) is 12.0 Å². The minimum absolute atomic E-state index is 0.0400. The maximum atomic E-state index is 12.7. The number of anilines is 1. The van der Waals surface area contributed by atoms with E-state index in [1.165, 1.54) is 12.8 Å². The zero-order valence-corrected chi connectivity index (χ0v) is 12.4. The summed E-state index contributed by atoms with van der Waals surface area (Å²) >= 11 is 0. The van der Waals surface area contributed by atoms with Gasteiger partial charge in [0.2, 0.25) is 5.91 Å². The second-order valence-electron chi connectivity index (χ2n) is 6.19. The molecule has 3 N–H and O–H groups in total. The molecule has 4 rings (SSSR count). The normalized spacial score (nSPS) is 27.5. The quantitative estimate of drug-likeness (QED) is 0.795. The molecule has 2 fully saturated rings. The number of nitrogens with zero attached hydrogens (tertiary/aromatic N) is 1. The van der Waals surface area contributed by atoms with Gasteiger partial charge >= 0.3 is 0 Å². The topological polar surface area (TPSA) is 66.0 Å². The number of fused-ring (bicyclic) bond motifs is 2. The molecule has 1 saturated heterocycles. The van der Waals surface area contributed by atoms with Crippen LogP contribution in [0.2, 0.25) is 0 Å². The third-order valence-electron chi connectivity index (χ3n) is 4.86. The fourth-order valence-corrected chi connectivity index (χ4v) is 3.72. The average Bonchev–Trinajstić information content (AvgIpc) is 2.99. The predicted octanol–water partition coefficient (Wildman–Crippen LogP) is 2.21. The van der Waals surface area contributed by atoms with Gasteiger partial charge in [-0.05, 0) is 37.1 Å². The maximum absolute atomic E-state index is 12.7. The van der Waals surface area contributed by atoms with Crippen molar-refractivity contribution in [3.05, 3.63) is 36.5 Å². The van der Waals surface area contributed by atoms with Crippen molar-refractivity contribution >= 4 is 22.5 Å². The molecule has 2 aromatic rings. The summed E-state index contributed by atoms with van der Waals surface area (Å²) in [5.41, 5.74) is 8.21. The van der Waals surface area contributed by atoms with Crippen molar-refractivity contribution in [3.8, 4) is 0 Å². The van der Waals surface area contributed by atoms with Gasteiger partial charge < -0.3 is 5.32 Å². The molecule has 5 nitrogen and oxygen atoms in total. The van der Waals surface area contributed by atoms with Crippen LogP contribution >= 0.6 is 0 Å². The third-order valence-corrected chi connectivity index (χ3v) is 4.86. The standard InChI is InChI=1S/C17H20N4O/c22-17(16-12-5-1-2-7-15(12)20-21-16)19-14-9-3-8-13-11(14)6-4-10-18-13/h3-4,6,8-10,12,15-16,20-21H,1-2,5,7H2,(H,19,22). The van der Waals surface area contributed by atoms with Crippen LogP contribution in [0, 0.1) is 5.92 Å². The highest BCUT2D eigenvalue weighted by Gasteiger charge is 2.40. The molecule has 3 atom stereocenters. The van der Waals surface area contributed by atoms with Crippen LogP contribution in [0.4, 0.5) is 5.69 Å². The summed E-state index contributed by atoms with van der Waals surface area (Å²) in [6, 6.07) is 9.97. The van der Waals surface area contributed by atoms with Gasteiger partial charge in [-0.25, -0.2) is 5.43 Å². The highest BCUT2D eigenvalue weighted by Crippen LogP contribution is 2.31. The molecule has 1 aromatic heterocycles. The number of hydrogen-bond donors (Lipinski definition) is 3. The smallest absolute Gasteiger partial charge is 0.243 e. The van der Waals surface area contributed by atoms with E-state index in [9.17, 15) is 4.79 Å². The molecule has 1 amide bonds. The number of hydrogen-bond acceptors (Lipinski definition) is 4. The van der Waals surface area contributed by atoms with Crippen molar-refractivity contribution in [3.63, 3.8) is 0 Å². The average molecular weight is 296 g/mol. The fraction of sp³-hybridized carbons (Fsp3) is 0.412. The number of carbonyl (C=O) groups excluding carboxylic acids is 1. The lowest BCUT2D eigenvalue weighted by molar-refractivity contribution is -0.118. The molecule has 0 bridgehead atoms. The summed E-state index contributed by atoms with van der Waals surface area (Å²) in [4.78, 5) is 17.0. The van der Waals surface area contributed by atoms with Crippen LogP contribution in [0.1, 0.15) is 25.7 Å². The summed E-state index contributed by atoms with van der Waals surface area (Å²) in [6.45, 7) is 0. The van der Waals surface area contributed by atoms with Crippen molar-refractivity contribution in [1.82, 2.24) is 15.8 Å². The first-order valence-corrected chi connectivity index (χ1v) is 7.98. The van der Waals surface area contributed by atoms with Crippen LogP contribution in [-0.4, -0.2) is 23.0 Å². The first kappa shape index (κ1) is 13.7. The number of hydrazine groups is 1. The van der Waals surface area contributed by atoms with Crippen LogP contribution in [0.5, 0.6) is 0 Å². The van der Waals surface area contributed by atoms with Gasteiger partial charge in [-0.3, -0.25) is 15.2 Å². The molecule has 114 valence electrons. The molecule has 0 spiro atoms. The highest BCUT2D eigenvalue weighted by molar-refractivity contribution is 6.03. The highest BCUT2D eigenvalue weighted by atomic mass is 16.2. The molecular formula is C17H20N4O. The van der Waals surface area contributed by atoms with E-state index in [0.717, 1.165) is 29.4 Å². The van der Waals surface area contributed by atoms with Crippen molar-refractivity contribution in [2.45, 2.75) is 37.8 Å². The molecule has 3 unspecified atom stereocenters. The van der Waals surface area contributed by atoms with Crippen LogP contribution in [0.15, 0.2) is 36.5 Å². The van der Waals surface area contributed by atoms with Gasteiger partial charge in [0.15, 0.2) is 0 Å². The first-order valence-electron chi connectivity index (χ1n) is 7.98. The van der Waals surface area contributed by atoms with Gasteiger partial charge in [-0.15, -0.1) is 0 Å². The molecule has 1 aliphatic carbocycles. The molecule has 0 radical (unpaired) electrons. The number of pyridine rings is 1. The fourth-order valence-electron chi connectivity index (χ4n) is 3.72. The van der Waals surface area contributed by atoms with Crippen LogP contribution < -0.4 is 16.2 Å². The Kier molecular flexibility index (Phi) is 3.52. The van der Waals surface area contributed by atoms with E-state index in [2.05, 4.69) is 21.2 Å². The van der Waals surface area contributed by atoms with Crippen molar-refractivity contribution in [2.24, 2.45) is 5.92 Å². The van der Waals surface area contributed by atoms with E-state index in [1.807, 2.05) is 30.3 Å². The molecule has 22 heavy (non-hydrogen) atoms. The number of carbonyl (C=O) groups is 1. The monoisotopic (exact) mass is 296 g/mol. The molecule has 2 aliphatic rings. The second-order valence-corrected chi connectivity index (χ2v) is 6.19. The van der Waals surface area contributed by atoms with E-state index in [-0.39, 0.29) is 11.9 Å². The van der Waals surface area contributed by atoms with Gasteiger partial charge in [0.1, 0.15) is 6.04 Å². The van der Waals surface area contributed by atoms with Crippen LogP contribution in [0.3, 0.4) is 0 Å². The van der Waals surface area contributed by atoms with Crippen LogP contribution in [-0.2, 0) is 4.79 Å². The Labute approximate surface area is 129 Å². The summed E-state index contributed by atoms with van der Waals surface area (Å²) in [5, 5.41) is 4.05. The second kappa shape index (κ2) is 5.66. The van der Waals surface area contributed by atoms with Crippen molar-refractivity contribution in [2.75, 3.05) is 5.32 Å². The zero-order valence-electron chi connectivity index (χ0n) is 12.4. The van der Waals surface area contributed by atoms with Gasteiger partial charge in [0.25, 0.3) is 0 Å². The number of amides is 1. The molecule has 2 heterocycles. The Balaban J connectivity index is 1.56. The molecule has 1 aliphatic heterocycles. The Morgan fingerprint density at radius 3 is 3.00 bits per heavy atom. The summed E-state index contributed by atoms with van der Waals surface area (Å²) < 4.78 is 0. The van der Waals surface area contributed by atoms with Gasteiger partial charge in [0.05, 0.1) is 11.2 Å². The maximum Gasteiger partial charge on any atom is 0.243 e. The Morgan fingerprint density at radius 1 is 1.14 bits per heavy atom. The Hall–Kier alpha value is -1.98. The first-order chi connectivity index (χ1) is 10.8. The Bertz CT molecular complexity index is 697. The minimum atomic E-state index is -0.155. The number of benzene rings is 1. The number of nitrogens with one attached hydrogen (secondary N) is 3. The molecular weight excluding hydrogens is 276 g/mol. The minimum Gasteiger partial charge on any atom is -0.324 e. The SMILES string of the molecule is O=C(Nc1cccc2ncccc12)C1NNC2CCCCC21. The van der Waals surface area contributed by atoms with E-state index in [4.69, 9.17) is 0 Å². The van der Waals surface area contributed by atoms with Gasteiger partial charge in [-0.1, -0.05) is 18.9 Å². The summed E-state index contributed by atoms with van der Waals surface area (Å²) in [7, 11) is 0. The lowest BCUT2D eigenvalue weighted by Gasteiger charge is -2.26. The third kappa shape index (κ3) is 2.36. The van der Waals surface area contributed by atoms with E-state index >= 15 is 0 Å².